The molecule has 2 aromatic rings. The Labute approximate surface area is 142 Å². The minimum Gasteiger partial charge on any atom is -0.490 e. The van der Waals surface area contributed by atoms with Gasteiger partial charge in [0.25, 0.3) is 11.6 Å². The molecule has 0 bridgehead atoms. The number of aryl methyl sites for hydroxylation is 1. The molecule has 0 amide bonds. The summed E-state index contributed by atoms with van der Waals surface area (Å²) < 4.78 is 13.4. The summed E-state index contributed by atoms with van der Waals surface area (Å²) in [6.45, 7) is 9.50. The number of hydrogen-bond acceptors (Lipinski definition) is 4. The van der Waals surface area contributed by atoms with E-state index in [1.54, 1.807) is 13.1 Å². The molecule has 1 unspecified atom stereocenters. The van der Waals surface area contributed by atoms with Crippen molar-refractivity contribution in [1.82, 2.24) is 9.55 Å². The second-order valence-electron chi connectivity index (χ2n) is 6.98. The zero-order valence-corrected chi connectivity index (χ0v) is 14.7. The van der Waals surface area contributed by atoms with E-state index in [9.17, 15) is 4.79 Å². The molecule has 1 aromatic heterocycles. The number of hydrogen-bond donors (Lipinski definition) is 0. The van der Waals surface area contributed by atoms with Crippen LogP contribution in [-0.4, -0.2) is 22.3 Å². The molecule has 5 heteroatoms. The van der Waals surface area contributed by atoms with Crippen LogP contribution in [0.25, 0.3) is 0 Å². The van der Waals surface area contributed by atoms with Crippen molar-refractivity contribution in [1.29, 1.82) is 0 Å². The van der Waals surface area contributed by atoms with Gasteiger partial charge in [-0.1, -0.05) is 32.9 Å². The van der Waals surface area contributed by atoms with Gasteiger partial charge in [0.05, 0.1) is 6.54 Å². The van der Waals surface area contributed by atoms with Gasteiger partial charge in [-0.3, -0.25) is 9.36 Å². The fourth-order valence-corrected chi connectivity index (χ4v) is 2.70. The van der Waals surface area contributed by atoms with E-state index in [0.717, 1.165) is 12.2 Å². The molecule has 24 heavy (non-hydrogen) atoms. The lowest BCUT2D eigenvalue weighted by atomic mass is 9.82. The standard InChI is InChI=1S/C19H24N2O3/c1-5-19(3,4)14-6-8-15(9-7-14)23-12-16-11-21-10-13(2)17(22)20-18(21)24-16/h6-10,16H,5,11-12H2,1-4H3. The lowest BCUT2D eigenvalue weighted by molar-refractivity contribution is 0.143. The molecule has 0 fully saturated rings. The highest BCUT2D eigenvalue weighted by Crippen LogP contribution is 2.28. The van der Waals surface area contributed by atoms with Crippen molar-refractivity contribution in [3.8, 4) is 11.8 Å². The van der Waals surface area contributed by atoms with Crippen molar-refractivity contribution in [2.75, 3.05) is 6.61 Å². The maximum absolute atomic E-state index is 11.6. The fraction of sp³-hybridized carbons (Fsp3) is 0.474. The van der Waals surface area contributed by atoms with E-state index in [1.807, 2.05) is 16.7 Å². The predicted octanol–water partition coefficient (Wildman–Crippen LogP) is 3.08. The van der Waals surface area contributed by atoms with Crippen molar-refractivity contribution in [3.63, 3.8) is 0 Å². The van der Waals surface area contributed by atoms with E-state index in [2.05, 4.69) is 37.9 Å². The zero-order valence-electron chi connectivity index (χ0n) is 14.7. The van der Waals surface area contributed by atoms with Crippen LogP contribution in [0.3, 0.4) is 0 Å². The molecular weight excluding hydrogens is 304 g/mol. The summed E-state index contributed by atoms with van der Waals surface area (Å²) in [4.78, 5) is 15.5. The van der Waals surface area contributed by atoms with Crippen LogP contribution in [0, 0.1) is 6.92 Å². The summed E-state index contributed by atoms with van der Waals surface area (Å²) in [6, 6.07) is 8.61. The van der Waals surface area contributed by atoms with Crippen LogP contribution >= 0.6 is 0 Å². The van der Waals surface area contributed by atoms with Crippen molar-refractivity contribution < 1.29 is 9.47 Å². The lowest BCUT2D eigenvalue weighted by Gasteiger charge is -2.23. The summed E-state index contributed by atoms with van der Waals surface area (Å²) >= 11 is 0. The van der Waals surface area contributed by atoms with Gasteiger partial charge in [-0.15, -0.1) is 0 Å². The molecule has 0 spiro atoms. The van der Waals surface area contributed by atoms with Crippen LogP contribution < -0.4 is 15.0 Å². The van der Waals surface area contributed by atoms with Crippen molar-refractivity contribution in [3.05, 3.63) is 51.9 Å². The Morgan fingerprint density at radius 1 is 1.33 bits per heavy atom. The van der Waals surface area contributed by atoms with E-state index in [4.69, 9.17) is 9.47 Å². The second kappa shape index (κ2) is 6.30. The Bertz CT molecular complexity index is 778. The van der Waals surface area contributed by atoms with Crippen LogP contribution in [-0.2, 0) is 12.0 Å². The zero-order chi connectivity index (χ0) is 17.3. The molecule has 1 aliphatic rings. The summed E-state index contributed by atoms with van der Waals surface area (Å²) in [5.41, 5.74) is 1.86. The number of benzene rings is 1. The normalized spacial score (nSPS) is 16.6. The van der Waals surface area contributed by atoms with Crippen molar-refractivity contribution >= 4 is 0 Å². The lowest BCUT2D eigenvalue weighted by Crippen LogP contribution is -2.23. The molecule has 1 aliphatic heterocycles. The van der Waals surface area contributed by atoms with Crippen molar-refractivity contribution in [2.45, 2.75) is 52.2 Å². The first kappa shape index (κ1) is 16.6. The maximum atomic E-state index is 11.6. The molecule has 0 N–H and O–H groups in total. The van der Waals surface area contributed by atoms with Gasteiger partial charge >= 0.3 is 0 Å². The summed E-state index contributed by atoms with van der Waals surface area (Å²) in [7, 11) is 0. The van der Waals surface area contributed by atoms with Crippen LogP contribution in [0.5, 0.6) is 11.8 Å². The first-order valence-corrected chi connectivity index (χ1v) is 8.37. The van der Waals surface area contributed by atoms with Gasteiger partial charge in [-0.05, 0) is 36.5 Å². The third-order valence-corrected chi connectivity index (χ3v) is 4.76. The quantitative estimate of drug-likeness (QED) is 0.846. The average molecular weight is 328 g/mol. The molecule has 5 nitrogen and oxygen atoms in total. The van der Waals surface area contributed by atoms with E-state index in [-0.39, 0.29) is 17.1 Å². The molecule has 0 radical (unpaired) electrons. The van der Waals surface area contributed by atoms with E-state index in [0.29, 0.717) is 24.7 Å². The molecule has 0 aliphatic carbocycles. The predicted molar refractivity (Wildman–Crippen MR) is 92.9 cm³/mol. The summed E-state index contributed by atoms with van der Waals surface area (Å²) in [6.07, 6.45) is 2.74. The Hall–Kier alpha value is -2.30. The summed E-state index contributed by atoms with van der Waals surface area (Å²) in [5.74, 6) is 0.823. The largest absolute Gasteiger partial charge is 0.490 e. The molecule has 3 rings (SSSR count). The first-order chi connectivity index (χ1) is 11.4. The summed E-state index contributed by atoms with van der Waals surface area (Å²) in [5, 5.41) is 0. The third-order valence-electron chi connectivity index (χ3n) is 4.76. The van der Waals surface area contributed by atoms with Crippen LogP contribution in [0.1, 0.15) is 38.3 Å². The van der Waals surface area contributed by atoms with Crippen molar-refractivity contribution in [2.24, 2.45) is 0 Å². The number of ether oxygens (including phenoxy) is 2. The fourth-order valence-electron chi connectivity index (χ4n) is 2.70. The number of fused-ring (bicyclic) bond motifs is 1. The van der Waals surface area contributed by atoms with Gasteiger partial charge in [0.1, 0.15) is 12.4 Å². The monoisotopic (exact) mass is 328 g/mol. The number of rotatable bonds is 5. The molecule has 2 heterocycles. The highest BCUT2D eigenvalue weighted by Gasteiger charge is 2.24. The van der Waals surface area contributed by atoms with Gasteiger partial charge in [-0.25, -0.2) is 0 Å². The Morgan fingerprint density at radius 2 is 2.04 bits per heavy atom. The Balaban J connectivity index is 1.60. The minimum atomic E-state index is -0.239. The highest BCUT2D eigenvalue weighted by atomic mass is 16.6. The van der Waals surface area contributed by atoms with Gasteiger partial charge in [0, 0.05) is 11.8 Å². The molecule has 1 aromatic carbocycles. The Kier molecular flexibility index (Phi) is 4.35. The van der Waals surface area contributed by atoms with Gasteiger partial charge in [-0.2, -0.15) is 4.98 Å². The maximum Gasteiger partial charge on any atom is 0.300 e. The van der Waals surface area contributed by atoms with Crippen LogP contribution in [0.4, 0.5) is 0 Å². The van der Waals surface area contributed by atoms with Crippen LogP contribution in [0.2, 0.25) is 0 Å². The van der Waals surface area contributed by atoms with E-state index in [1.165, 1.54) is 5.56 Å². The molecule has 0 saturated carbocycles. The highest BCUT2D eigenvalue weighted by molar-refractivity contribution is 5.31. The number of nitrogens with zero attached hydrogens (tertiary/aromatic N) is 2. The van der Waals surface area contributed by atoms with E-state index >= 15 is 0 Å². The number of aromatic nitrogens is 2. The molecule has 0 saturated heterocycles. The van der Waals surface area contributed by atoms with Gasteiger partial charge < -0.3 is 9.47 Å². The van der Waals surface area contributed by atoms with Gasteiger partial charge in [0.15, 0.2) is 6.10 Å². The molecule has 128 valence electrons. The SMILES string of the molecule is CCC(C)(C)c1ccc(OCC2Cn3cc(C)c(=O)nc3O2)cc1. The Morgan fingerprint density at radius 3 is 2.71 bits per heavy atom. The minimum absolute atomic E-state index is 0.134. The smallest absolute Gasteiger partial charge is 0.300 e. The third kappa shape index (κ3) is 3.30. The first-order valence-electron chi connectivity index (χ1n) is 8.37. The molecular formula is C19H24N2O3. The van der Waals surface area contributed by atoms with Crippen LogP contribution in [0.15, 0.2) is 35.3 Å². The van der Waals surface area contributed by atoms with Gasteiger partial charge in [0.2, 0.25) is 0 Å². The topological polar surface area (TPSA) is 53.4 Å². The second-order valence-corrected chi connectivity index (χ2v) is 6.98. The molecule has 1 atom stereocenters. The van der Waals surface area contributed by atoms with E-state index < -0.39 is 0 Å². The average Bonchev–Trinajstić information content (AvgIpc) is 2.95.